The van der Waals surface area contributed by atoms with Gasteiger partial charge in [-0.1, -0.05) is 59.6 Å². The predicted molar refractivity (Wildman–Crippen MR) is 132 cm³/mol. The highest BCUT2D eigenvalue weighted by molar-refractivity contribution is 7.92. The van der Waals surface area contributed by atoms with Crippen LogP contribution in [-0.2, 0) is 14.8 Å². The minimum Gasteiger partial charge on any atom is -0.491 e. The summed E-state index contributed by atoms with van der Waals surface area (Å²) in [5.41, 5.74) is 2.18. The van der Waals surface area contributed by atoms with Crippen LogP contribution < -0.4 is 14.4 Å². The molecule has 174 valence electrons. The highest BCUT2D eigenvalue weighted by Gasteiger charge is 2.29. The maximum atomic E-state index is 13.3. The van der Waals surface area contributed by atoms with Gasteiger partial charge in [-0.2, -0.15) is 0 Å². The molecular weight excluding hydrogens is 483 g/mol. The Hall–Kier alpha value is -2.74. The number of carbonyl (C=O) groups excluding carboxylic acids is 1. The second-order valence-corrected chi connectivity index (χ2v) is 10.0. The number of anilines is 1. The van der Waals surface area contributed by atoms with Gasteiger partial charge in [0.25, 0.3) is 10.0 Å². The van der Waals surface area contributed by atoms with Gasteiger partial charge in [-0.3, -0.25) is 9.10 Å². The molecule has 0 aliphatic carbocycles. The van der Waals surface area contributed by atoms with Crippen molar-refractivity contribution in [1.82, 2.24) is 5.32 Å². The topological polar surface area (TPSA) is 75.7 Å². The number of aryl methyl sites for hydroxylation is 2. The summed E-state index contributed by atoms with van der Waals surface area (Å²) >= 11 is 12.4. The SMILES string of the molecule is Cc1ccc(C)c(OCCNC(=O)CN(c2cccc(Cl)c2Cl)S(=O)(=O)c2ccccc2)c1. The Labute approximate surface area is 204 Å². The molecule has 0 aliphatic rings. The van der Waals surface area contributed by atoms with Gasteiger partial charge in [0, 0.05) is 0 Å². The van der Waals surface area contributed by atoms with Gasteiger partial charge in [0.05, 0.1) is 27.2 Å². The molecule has 0 fully saturated rings. The van der Waals surface area contributed by atoms with E-state index in [4.69, 9.17) is 27.9 Å². The first-order valence-electron chi connectivity index (χ1n) is 10.2. The first kappa shape index (κ1) is 24.9. The van der Waals surface area contributed by atoms with Crippen molar-refractivity contribution in [1.29, 1.82) is 0 Å². The largest absolute Gasteiger partial charge is 0.491 e. The Morgan fingerprint density at radius 1 is 1.00 bits per heavy atom. The van der Waals surface area contributed by atoms with E-state index in [9.17, 15) is 13.2 Å². The van der Waals surface area contributed by atoms with Gasteiger partial charge in [-0.15, -0.1) is 0 Å². The van der Waals surface area contributed by atoms with Crippen molar-refractivity contribution in [2.24, 2.45) is 0 Å². The molecule has 0 radical (unpaired) electrons. The van der Waals surface area contributed by atoms with Crippen molar-refractivity contribution in [2.75, 3.05) is 24.0 Å². The van der Waals surface area contributed by atoms with Crippen molar-refractivity contribution < 1.29 is 17.9 Å². The van der Waals surface area contributed by atoms with Gasteiger partial charge < -0.3 is 10.1 Å². The number of halogens is 2. The Balaban J connectivity index is 1.74. The summed E-state index contributed by atoms with van der Waals surface area (Å²) in [6.07, 6.45) is 0. The smallest absolute Gasteiger partial charge is 0.264 e. The van der Waals surface area contributed by atoms with E-state index in [0.717, 1.165) is 21.2 Å². The molecular formula is C24H24Cl2N2O4S. The fourth-order valence-electron chi connectivity index (χ4n) is 3.10. The number of rotatable bonds is 9. The van der Waals surface area contributed by atoms with E-state index in [0.29, 0.717) is 0 Å². The van der Waals surface area contributed by atoms with Crippen molar-refractivity contribution in [3.05, 3.63) is 87.9 Å². The number of sulfonamides is 1. The number of carbonyl (C=O) groups is 1. The van der Waals surface area contributed by atoms with Gasteiger partial charge >= 0.3 is 0 Å². The number of hydrogen-bond acceptors (Lipinski definition) is 4. The van der Waals surface area contributed by atoms with Crippen LogP contribution in [0.4, 0.5) is 5.69 Å². The van der Waals surface area contributed by atoms with Crippen LogP contribution in [-0.4, -0.2) is 34.0 Å². The number of nitrogens with zero attached hydrogens (tertiary/aromatic N) is 1. The summed E-state index contributed by atoms with van der Waals surface area (Å²) in [4.78, 5) is 12.7. The second-order valence-electron chi connectivity index (χ2n) is 7.37. The van der Waals surface area contributed by atoms with Crippen molar-refractivity contribution in [2.45, 2.75) is 18.7 Å². The molecule has 33 heavy (non-hydrogen) atoms. The molecule has 0 bridgehead atoms. The lowest BCUT2D eigenvalue weighted by molar-refractivity contribution is -0.119. The predicted octanol–water partition coefficient (Wildman–Crippen LogP) is 5.00. The fourth-order valence-corrected chi connectivity index (χ4v) is 5.01. The lowest BCUT2D eigenvalue weighted by atomic mass is 10.1. The van der Waals surface area contributed by atoms with E-state index in [1.165, 1.54) is 18.2 Å². The Bertz CT molecular complexity index is 1230. The van der Waals surface area contributed by atoms with E-state index >= 15 is 0 Å². The summed E-state index contributed by atoms with van der Waals surface area (Å²) in [6, 6.07) is 18.3. The molecule has 0 atom stereocenters. The Morgan fingerprint density at radius 3 is 2.45 bits per heavy atom. The van der Waals surface area contributed by atoms with Crippen LogP contribution in [0.15, 0.2) is 71.6 Å². The first-order valence-corrected chi connectivity index (χ1v) is 12.4. The monoisotopic (exact) mass is 506 g/mol. The number of benzene rings is 3. The van der Waals surface area contributed by atoms with Gasteiger partial charge in [0.15, 0.2) is 0 Å². The quantitative estimate of drug-likeness (QED) is 0.414. The molecule has 1 N–H and O–H groups in total. The highest BCUT2D eigenvalue weighted by Crippen LogP contribution is 2.35. The normalized spacial score (nSPS) is 11.2. The van der Waals surface area contributed by atoms with E-state index in [1.807, 2.05) is 32.0 Å². The van der Waals surface area contributed by atoms with E-state index < -0.39 is 22.5 Å². The Kier molecular flexibility index (Phi) is 8.24. The Morgan fingerprint density at radius 2 is 1.73 bits per heavy atom. The van der Waals surface area contributed by atoms with Crippen LogP contribution in [0.5, 0.6) is 5.75 Å². The minimum absolute atomic E-state index is 0.0344. The average molecular weight is 507 g/mol. The molecule has 3 rings (SSSR count). The summed E-state index contributed by atoms with van der Waals surface area (Å²) in [6.45, 7) is 3.88. The van der Waals surface area contributed by atoms with Crippen molar-refractivity contribution in [3.8, 4) is 5.75 Å². The van der Waals surface area contributed by atoms with Crippen molar-refractivity contribution in [3.63, 3.8) is 0 Å². The van der Waals surface area contributed by atoms with Crippen LogP contribution in [0, 0.1) is 13.8 Å². The van der Waals surface area contributed by atoms with Crippen LogP contribution in [0.25, 0.3) is 0 Å². The van der Waals surface area contributed by atoms with Crippen LogP contribution in [0.1, 0.15) is 11.1 Å². The zero-order chi connectivity index (χ0) is 24.0. The lowest BCUT2D eigenvalue weighted by Gasteiger charge is -2.25. The summed E-state index contributed by atoms with van der Waals surface area (Å²) in [5, 5.41) is 2.93. The third-order valence-corrected chi connectivity index (χ3v) is 7.43. The maximum Gasteiger partial charge on any atom is 0.264 e. The van der Waals surface area contributed by atoms with Gasteiger partial charge in [-0.05, 0) is 55.3 Å². The zero-order valence-electron chi connectivity index (χ0n) is 18.2. The third kappa shape index (κ3) is 6.19. The molecule has 1 amide bonds. The molecule has 0 aliphatic heterocycles. The third-order valence-electron chi connectivity index (χ3n) is 4.84. The van der Waals surface area contributed by atoms with Gasteiger partial charge in [0.2, 0.25) is 5.91 Å². The van der Waals surface area contributed by atoms with E-state index in [1.54, 1.807) is 30.3 Å². The van der Waals surface area contributed by atoms with E-state index in [-0.39, 0.29) is 33.8 Å². The standard InChI is InChI=1S/C24H24Cl2N2O4S/c1-17-11-12-18(2)22(15-17)32-14-13-27-23(29)16-28(21-10-6-9-20(25)24(21)26)33(30,31)19-7-4-3-5-8-19/h3-12,15H,13-14,16H2,1-2H3,(H,27,29). The minimum atomic E-state index is -4.07. The molecule has 0 spiro atoms. The van der Waals surface area contributed by atoms with Crippen molar-refractivity contribution >= 4 is 44.8 Å². The number of nitrogens with one attached hydrogen (secondary N) is 1. The molecule has 0 saturated carbocycles. The number of ether oxygens (including phenoxy) is 1. The summed E-state index contributed by atoms with van der Waals surface area (Å²) in [5.74, 6) is 0.235. The van der Waals surface area contributed by atoms with Crippen LogP contribution >= 0.6 is 23.2 Å². The molecule has 3 aromatic carbocycles. The average Bonchev–Trinajstić information content (AvgIpc) is 2.80. The zero-order valence-corrected chi connectivity index (χ0v) is 20.5. The number of hydrogen-bond donors (Lipinski definition) is 1. The van der Waals surface area contributed by atoms with Gasteiger partial charge in [0.1, 0.15) is 18.9 Å². The van der Waals surface area contributed by atoms with E-state index in [2.05, 4.69) is 5.32 Å². The summed E-state index contributed by atoms with van der Waals surface area (Å²) < 4.78 is 33.4. The number of amides is 1. The molecule has 6 nitrogen and oxygen atoms in total. The molecule has 0 unspecified atom stereocenters. The van der Waals surface area contributed by atoms with Crippen LogP contribution in [0.2, 0.25) is 10.0 Å². The molecule has 0 heterocycles. The molecule has 0 aromatic heterocycles. The highest BCUT2D eigenvalue weighted by atomic mass is 35.5. The second kappa shape index (κ2) is 10.9. The van der Waals surface area contributed by atoms with Gasteiger partial charge in [-0.25, -0.2) is 8.42 Å². The molecule has 3 aromatic rings. The first-order chi connectivity index (χ1) is 15.7. The molecule has 0 saturated heterocycles. The summed E-state index contributed by atoms with van der Waals surface area (Å²) in [7, 11) is -4.07. The fraction of sp³-hybridized carbons (Fsp3) is 0.208. The molecule has 9 heteroatoms. The lowest BCUT2D eigenvalue weighted by Crippen LogP contribution is -2.42. The maximum absolute atomic E-state index is 13.3. The van der Waals surface area contributed by atoms with Crippen LogP contribution in [0.3, 0.4) is 0 Å².